The predicted octanol–water partition coefficient (Wildman–Crippen LogP) is 2.27. The average molecular weight is 527 g/mol. The number of urea groups is 1. The molecule has 1 saturated heterocycles. The number of benzene rings is 2. The fraction of sp³-hybridized carbons (Fsp3) is 0.464. The molecule has 9 heteroatoms. The molecule has 1 aliphatic rings. The number of β-amino-alcohol motifs (C(OH)–C–C–N with tert-alkyl or cyclic N) is 1. The molecule has 1 fully saturated rings. The van der Waals surface area contributed by atoms with Crippen LogP contribution in [0.5, 0.6) is 0 Å². The van der Waals surface area contributed by atoms with Crippen molar-refractivity contribution >= 4 is 28.8 Å². The molecule has 2 aromatic rings. The minimum absolute atomic E-state index is 0.0147. The maximum absolute atomic E-state index is 13.6. The van der Waals surface area contributed by atoms with E-state index in [2.05, 4.69) is 10.2 Å². The first-order valence-electron chi connectivity index (χ1n) is 12.8. The van der Waals surface area contributed by atoms with E-state index in [0.29, 0.717) is 64.4 Å². The molecule has 2 N–H and O–H groups in total. The Labute approximate surface area is 224 Å². The lowest BCUT2D eigenvalue weighted by atomic mass is 10.0. The highest BCUT2D eigenvalue weighted by atomic mass is 32.2. The fourth-order valence-corrected chi connectivity index (χ4v) is 4.97. The fourth-order valence-electron chi connectivity index (χ4n) is 4.37. The smallest absolute Gasteiger partial charge is 0.318 e. The average Bonchev–Trinajstić information content (AvgIpc) is 2.91. The van der Waals surface area contributed by atoms with Crippen LogP contribution in [0.2, 0.25) is 0 Å². The molecule has 2 aromatic carbocycles. The maximum atomic E-state index is 13.6. The molecule has 1 aliphatic heterocycles. The molecule has 0 spiro atoms. The second-order valence-corrected chi connectivity index (χ2v) is 10.4. The second kappa shape index (κ2) is 15.4. The Hall–Kier alpha value is -2.88. The Morgan fingerprint density at radius 2 is 1.57 bits per heavy atom. The van der Waals surface area contributed by atoms with Gasteiger partial charge >= 0.3 is 6.03 Å². The third-order valence-corrected chi connectivity index (χ3v) is 7.24. The summed E-state index contributed by atoms with van der Waals surface area (Å²) in [6.45, 7) is 5.64. The van der Waals surface area contributed by atoms with E-state index < -0.39 is 6.04 Å². The maximum Gasteiger partial charge on any atom is 0.318 e. The number of nitrogens with zero attached hydrogens (tertiary/aromatic N) is 3. The van der Waals surface area contributed by atoms with E-state index in [1.807, 2.05) is 65.6 Å². The zero-order chi connectivity index (χ0) is 26.5. The van der Waals surface area contributed by atoms with Crippen LogP contribution >= 0.6 is 11.8 Å². The molecule has 1 atom stereocenters. The summed E-state index contributed by atoms with van der Waals surface area (Å²) >= 11 is 1.20. The predicted molar refractivity (Wildman–Crippen MR) is 147 cm³/mol. The molecular formula is C28H38N4O4S. The third-order valence-electron chi connectivity index (χ3n) is 6.45. The van der Waals surface area contributed by atoms with Crippen molar-refractivity contribution in [2.24, 2.45) is 0 Å². The number of amides is 3. The van der Waals surface area contributed by atoms with Gasteiger partial charge in [0.05, 0.1) is 6.61 Å². The minimum Gasteiger partial charge on any atom is -0.395 e. The van der Waals surface area contributed by atoms with Gasteiger partial charge in [-0.15, -0.1) is 0 Å². The van der Waals surface area contributed by atoms with Crippen LogP contribution in [0.15, 0.2) is 60.7 Å². The van der Waals surface area contributed by atoms with Gasteiger partial charge in [0.15, 0.2) is 5.12 Å². The number of thioether (sulfide) groups is 1. The van der Waals surface area contributed by atoms with Crippen LogP contribution in [-0.4, -0.2) is 101 Å². The molecule has 200 valence electrons. The van der Waals surface area contributed by atoms with Gasteiger partial charge in [0.2, 0.25) is 5.91 Å². The van der Waals surface area contributed by atoms with Crippen molar-refractivity contribution in [1.29, 1.82) is 0 Å². The van der Waals surface area contributed by atoms with E-state index in [9.17, 15) is 19.5 Å². The molecule has 3 amide bonds. The Morgan fingerprint density at radius 1 is 0.946 bits per heavy atom. The summed E-state index contributed by atoms with van der Waals surface area (Å²) in [5, 5.41) is 12.2. The number of piperazine rings is 1. The van der Waals surface area contributed by atoms with Crippen LogP contribution in [-0.2, 0) is 22.4 Å². The van der Waals surface area contributed by atoms with Crippen LogP contribution in [0.4, 0.5) is 4.79 Å². The van der Waals surface area contributed by atoms with Crippen molar-refractivity contribution in [2.45, 2.75) is 25.8 Å². The van der Waals surface area contributed by atoms with Gasteiger partial charge in [-0.25, -0.2) is 4.79 Å². The van der Waals surface area contributed by atoms with Gasteiger partial charge in [-0.3, -0.25) is 14.5 Å². The number of hydrogen-bond donors (Lipinski definition) is 2. The van der Waals surface area contributed by atoms with Crippen molar-refractivity contribution < 1.29 is 19.5 Å². The molecule has 0 aromatic heterocycles. The SMILES string of the molecule is CC(=O)SCCN(CCc1ccccc1)C(=O)N[C@@H](Cc1ccccc1)C(=O)N1CCN(CCO)CC1. The lowest BCUT2D eigenvalue weighted by molar-refractivity contribution is -0.135. The zero-order valence-electron chi connectivity index (χ0n) is 21.6. The quantitative estimate of drug-likeness (QED) is 0.441. The van der Waals surface area contributed by atoms with E-state index >= 15 is 0 Å². The van der Waals surface area contributed by atoms with E-state index in [0.717, 1.165) is 11.1 Å². The number of nitrogens with one attached hydrogen (secondary N) is 1. The van der Waals surface area contributed by atoms with Gasteiger partial charge < -0.3 is 20.2 Å². The molecular weight excluding hydrogens is 488 g/mol. The van der Waals surface area contributed by atoms with Gasteiger partial charge in [0.25, 0.3) is 0 Å². The normalized spacial score (nSPS) is 14.7. The molecule has 0 unspecified atom stereocenters. The van der Waals surface area contributed by atoms with Crippen LogP contribution in [0.1, 0.15) is 18.1 Å². The Balaban J connectivity index is 1.70. The molecule has 0 saturated carbocycles. The Morgan fingerprint density at radius 3 is 2.16 bits per heavy atom. The Kier molecular flexibility index (Phi) is 11.9. The summed E-state index contributed by atoms with van der Waals surface area (Å²) in [5.41, 5.74) is 2.10. The summed E-state index contributed by atoms with van der Waals surface area (Å²) in [6, 6.07) is 18.7. The first-order chi connectivity index (χ1) is 18.0. The lowest BCUT2D eigenvalue weighted by Gasteiger charge is -2.36. The first-order valence-corrected chi connectivity index (χ1v) is 13.8. The van der Waals surface area contributed by atoms with Gasteiger partial charge in [-0.05, 0) is 17.5 Å². The highest BCUT2D eigenvalue weighted by Crippen LogP contribution is 2.11. The van der Waals surface area contributed by atoms with Gasteiger partial charge in [-0.2, -0.15) is 0 Å². The Bertz CT molecular complexity index is 984. The lowest BCUT2D eigenvalue weighted by Crippen LogP contribution is -2.57. The van der Waals surface area contributed by atoms with Gasteiger partial charge in [0, 0.05) is 64.9 Å². The topological polar surface area (TPSA) is 93.2 Å². The van der Waals surface area contributed by atoms with Crippen molar-refractivity contribution in [2.75, 3.05) is 58.2 Å². The van der Waals surface area contributed by atoms with E-state index in [-0.39, 0.29) is 23.7 Å². The van der Waals surface area contributed by atoms with E-state index in [4.69, 9.17) is 0 Å². The number of hydrogen-bond acceptors (Lipinski definition) is 6. The summed E-state index contributed by atoms with van der Waals surface area (Å²) in [4.78, 5) is 44.2. The van der Waals surface area contributed by atoms with Crippen molar-refractivity contribution in [1.82, 2.24) is 20.0 Å². The number of aliphatic hydroxyl groups is 1. The summed E-state index contributed by atoms with van der Waals surface area (Å²) < 4.78 is 0. The van der Waals surface area contributed by atoms with Crippen LogP contribution in [0.25, 0.3) is 0 Å². The number of aliphatic hydroxyl groups excluding tert-OH is 1. The zero-order valence-corrected chi connectivity index (χ0v) is 22.4. The summed E-state index contributed by atoms with van der Waals surface area (Å²) in [5.74, 6) is 0.406. The molecule has 0 bridgehead atoms. The summed E-state index contributed by atoms with van der Waals surface area (Å²) in [7, 11) is 0. The van der Waals surface area contributed by atoms with Crippen molar-refractivity contribution in [3.63, 3.8) is 0 Å². The molecule has 8 nitrogen and oxygen atoms in total. The van der Waals surface area contributed by atoms with Crippen molar-refractivity contribution in [3.05, 3.63) is 71.8 Å². The van der Waals surface area contributed by atoms with Crippen molar-refractivity contribution in [3.8, 4) is 0 Å². The van der Waals surface area contributed by atoms with Crippen LogP contribution in [0.3, 0.4) is 0 Å². The van der Waals surface area contributed by atoms with Crippen LogP contribution in [0, 0.1) is 0 Å². The molecule has 0 radical (unpaired) electrons. The number of rotatable bonds is 12. The second-order valence-electron chi connectivity index (χ2n) is 9.15. The van der Waals surface area contributed by atoms with Gasteiger partial charge in [-0.1, -0.05) is 72.4 Å². The molecule has 37 heavy (non-hydrogen) atoms. The minimum atomic E-state index is -0.695. The molecule has 0 aliphatic carbocycles. The van der Waals surface area contributed by atoms with Crippen LogP contribution < -0.4 is 5.32 Å². The third kappa shape index (κ3) is 9.83. The standard InChI is InChI=1S/C28H38N4O4S/c1-23(34)37-21-19-32(13-12-24-8-4-2-5-9-24)28(36)29-26(22-25-10-6-3-7-11-25)27(35)31-16-14-30(15-17-31)18-20-33/h2-11,26,33H,12-22H2,1H3,(H,29,36)/t26-/m0/s1. The first kappa shape index (κ1) is 28.7. The van der Waals surface area contributed by atoms with E-state index in [1.54, 1.807) is 4.90 Å². The molecule has 3 rings (SSSR count). The van der Waals surface area contributed by atoms with E-state index in [1.165, 1.54) is 18.7 Å². The number of carbonyl (C=O) groups is 3. The number of carbonyl (C=O) groups excluding carboxylic acids is 3. The highest BCUT2D eigenvalue weighted by Gasteiger charge is 2.30. The van der Waals surface area contributed by atoms with Gasteiger partial charge in [0.1, 0.15) is 6.04 Å². The molecule has 1 heterocycles. The largest absolute Gasteiger partial charge is 0.395 e. The highest BCUT2D eigenvalue weighted by molar-refractivity contribution is 8.13. The monoisotopic (exact) mass is 526 g/mol. The summed E-state index contributed by atoms with van der Waals surface area (Å²) in [6.07, 6.45) is 1.08.